The third-order valence-corrected chi connectivity index (χ3v) is 3.12. The van der Waals surface area contributed by atoms with Crippen molar-refractivity contribution in [3.05, 3.63) is 47.8 Å². The molecule has 2 unspecified atom stereocenters. The van der Waals surface area contributed by atoms with Gasteiger partial charge in [0.05, 0.1) is 0 Å². The second-order valence-corrected chi connectivity index (χ2v) is 4.20. The summed E-state index contributed by atoms with van der Waals surface area (Å²) in [7, 11) is 0. The molecule has 0 aromatic heterocycles. The summed E-state index contributed by atoms with van der Waals surface area (Å²) in [5.41, 5.74) is -0.955. The van der Waals surface area contributed by atoms with Gasteiger partial charge in [0, 0.05) is 0 Å². The maximum absolute atomic E-state index is 12.5. The van der Waals surface area contributed by atoms with E-state index in [1.165, 1.54) is 18.2 Å². The largest absolute Gasteiger partial charge is 0.523 e. The van der Waals surface area contributed by atoms with E-state index in [1.807, 2.05) is 0 Å². The minimum atomic E-state index is -4.81. The van der Waals surface area contributed by atoms with E-state index in [1.54, 1.807) is 18.2 Å². The Morgan fingerprint density at radius 2 is 2.11 bits per heavy atom. The van der Waals surface area contributed by atoms with Crippen molar-refractivity contribution in [1.29, 1.82) is 0 Å². The second kappa shape index (κ2) is 3.74. The minimum Gasteiger partial charge on any atom is -0.412 e. The van der Waals surface area contributed by atoms with Gasteiger partial charge in [-0.1, -0.05) is 30.4 Å². The van der Waals surface area contributed by atoms with Gasteiger partial charge in [0.1, 0.15) is 11.9 Å². The van der Waals surface area contributed by atoms with E-state index >= 15 is 0 Å². The Bertz CT molecular complexity index is 559. The Balaban J connectivity index is 2.06. The fourth-order valence-corrected chi connectivity index (χ4v) is 2.42. The van der Waals surface area contributed by atoms with Crippen molar-refractivity contribution in [3.63, 3.8) is 0 Å². The first-order valence-corrected chi connectivity index (χ1v) is 5.44. The van der Waals surface area contributed by atoms with E-state index in [9.17, 15) is 18.0 Å². The summed E-state index contributed by atoms with van der Waals surface area (Å²) < 4.78 is 46.5. The first-order chi connectivity index (χ1) is 8.92. The highest BCUT2D eigenvalue weighted by Gasteiger charge is 2.56. The van der Waals surface area contributed by atoms with Crippen LogP contribution in [-0.2, 0) is 9.47 Å². The van der Waals surface area contributed by atoms with Crippen LogP contribution in [-0.4, -0.2) is 24.1 Å². The van der Waals surface area contributed by atoms with E-state index in [4.69, 9.17) is 4.74 Å². The van der Waals surface area contributed by atoms with Gasteiger partial charge in [-0.05, 0) is 11.6 Å². The molecule has 1 fully saturated rings. The predicted molar refractivity (Wildman–Crippen MR) is 57.7 cm³/mol. The van der Waals surface area contributed by atoms with Gasteiger partial charge in [0.25, 0.3) is 0 Å². The molecule has 0 bridgehead atoms. The molecule has 1 N–H and O–H groups in total. The van der Waals surface area contributed by atoms with E-state index < -0.39 is 24.1 Å². The molecule has 4 nitrogen and oxygen atoms in total. The van der Waals surface area contributed by atoms with Crippen molar-refractivity contribution >= 4 is 6.09 Å². The quantitative estimate of drug-likeness (QED) is 0.796. The highest BCUT2D eigenvalue weighted by molar-refractivity contribution is 5.78. The topological polar surface area (TPSA) is 47.6 Å². The molecule has 19 heavy (non-hydrogen) atoms. The van der Waals surface area contributed by atoms with E-state index in [0.29, 0.717) is 5.57 Å². The third-order valence-electron chi connectivity index (χ3n) is 3.12. The molecule has 2 atom stereocenters. The van der Waals surface area contributed by atoms with Gasteiger partial charge in [-0.15, -0.1) is 13.2 Å². The van der Waals surface area contributed by atoms with Crippen LogP contribution in [0.3, 0.4) is 0 Å². The van der Waals surface area contributed by atoms with Crippen LogP contribution in [0.5, 0.6) is 0 Å². The molecule has 1 spiro atoms. The Morgan fingerprint density at radius 3 is 2.84 bits per heavy atom. The third kappa shape index (κ3) is 1.77. The summed E-state index contributed by atoms with van der Waals surface area (Å²) >= 11 is 0. The summed E-state index contributed by atoms with van der Waals surface area (Å²) in [5, 5.41) is 2.42. The lowest BCUT2D eigenvalue weighted by molar-refractivity contribution is -0.341. The summed E-state index contributed by atoms with van der Waals surface area (Å²) in [5.74, 6) is 0.102. The fourth-order valence-electron chi connectivity index (χ4n) is 2.42. The number of hydrogen-bond acceptors (Lipinski definition) is 3. The molecule has 0 radical (unpaired) electrons. The molecule has 0 saturated carbocycles. The van der Waals surface area contributed by atoms with Crippen LogP contribution in [0.1, 0.15) is 0 Å². The number of carbonyl (C=O) groups is 1. The van der Waals surface area contributed by atoms with Crippen molar-refractivity contribution in [3.8, 4) is 0 Å². The van der Waals surface area contributed by atoms with Gasteiger partial charge in [0.2, 0.25) is 0 Å². The first-order valence-electron chi connectivity index (χ1n) is 5.44. The van der Waals surface area contributed by atoms with Crippen LogP contribution in [0.4, 0.5) is 18.0 Å². The Hall–Kier alpha value is -2.02. The van der Waals surface area contributed by atoms with E-state index in [-0.39, 0.29) is 5.76 Å². The number of alkyl halides is 3. The van der Waals surface area contributed by atoms with Crippen molar-refractivity contribution in [2.75, 3.05) is 0 Å². The summed E-state index contributed by atoms with van der Waals surface area (Å²) in [6.45, 7) is 0. The lowest BCUT2D eigenvalue weighted by Crippen LogP contribution is -2.56. The van der Waals surface area contributed by atoms with Gasteiger partial charge >= 0.3 is 12.5 Å². The van der Waals surface area contributed by atoms with Gasteiger partial charge in [-0.3, -0.25) is 4.74 Å². The van der Waals surface area contributed by atoms with Crippen molar-refractivity contribution in [2.45, 2.75) is 18.0 Å². The first kappa shape index (κ1) is 12.0. The number of rotatable bonds is 1. The summed E-state index contributed by atoms with van der Waals surface area (Å²) in [6, 6.07) is 0. The van der Waals surface area contributed by atoms with Gasteiger partial charge in [-0.2, -0.15) is 0 Å². The van der Waals surface area contributed by atoms with Crippen molar-refractivity contribution in [2.24, 2.45) is 0 Å². The molecule has 1 heterocycles. The number of hydrogen-bond donors (Lipinski definition) is 1. The maximum atomic E-state index is 12.5. The summed E-state index contributed by atoms with van der Waals surface area (Å²) in [6.07, 6.45) is 1.93. The number of halogens is 3. The molecule has 7 heteroatoms. The zero-order valence-electron chi connectivity index (χ0n) is 9.40. The van der Waals surface area contributed by atoms with Crippen LogP contribution >= 0.6 is 0 Å². The van der Waals surface area contributed by atoms with Gasteiger partial charge in [0.15, 0.2) is 5.54 Å². The van der Waals surface area contributed by atoms with Gasteiger partial charge in [-0.25, -0.2) is 4.79 Å². The second-order valence-electron chi connectivity index (χ2n) is 4.20. The average molecular weight is 271 g/mol. The standard InChI is InChI=1S/C12H8F3NO3/c13-12(14,15)19-9-6-2-4-7-3-1-5-8-11(7,9)16-10(17)18-8/h1-6,9H,(H,16,17). The number of carbonyl (C=O) groups excluding carboxylic acids is 1. The fraction of sp³-hybridized carbons (Fsp3) is 0.250. The number of nitrogens with one attached hydrogen (secondary N) is 1. The highest BCUT2D eigenvalue weighted by atomic mass is 19.4. The molecular weight excluding hydrogens is 263 g/mol. The lowest BCUT2D eigenvalue weighted by Gasteiger charge is -2.38. The van der Waals surface area contributed by atoms with Crippen molar-refractivity contribution < 1.29 is 27.4 Å². The molecule has 3 rings (SSSR count). The molecular formula is C12H8F3NO3. The molecule has 1 aliphatic heterocycles. The van der Waals surface area contributed by atoms with Crippen LogP contribution in [0.2, 0.25) is 0 Å². The maximum Gasteiger partial charge on any atom is 0.523 e. The number of ether oxygens (including phenoxy) is 2. The molecule has 0 aromatic rings. The molecule has 1 saturated heterocycles. The number of allylic oxidation sites excluding steroid dienone is 4. The molecule has 100 valence electrons. The van der Waals surface area contributed by atoms with Gasteiger partial charge < -0.3 is 10.1 Å². The zero-order chi connectivity index (χ0) is 13.7. The SMILES string of the molecule is O=C1NC23C(=CC=CC2OC(F)(F)F)C=CC=C3O1. The van der Waals surface area contributed by atoms with E-state index in [2.05, 4.69) is 10.1 Å². The smallest absolute Gasteiger partial charge is 0.412 e. The number of alkyl carbamates (subject to hydrolysis) is 1. The Morgan fingerprint density at radius 1 is 1.32 bits per heavy atom. The Labute approximate surface area is 105 Å². The normalized spacial score (nSPS) is 31.9. The van der Waals surface area contributed by atoms with Crippen LogP contribution in [0.15, 0.2) is 47.8 Å². The monoisotopic (exact) mass is 271 g/mol. The highest BCUT2D eigenvalue weighted by Crippen LogP contribution is 2.43. The van der Waals surface area contributed by atoms with Crippen molar-refractivity contribution in [1.82, 2.24) is 5.32 Å². The van der Waals surface area contributed by atoms with Crippen LogP contribution in [0.25, 0.3) is 0 Å². The van der Waals surface area contributed by atoms with Crippen LogP contribution < -0.4 is 5.32 Å². The van der Waals surface area contributed by atoms with E-state index in [0.717, 1.165) is 0 Å². The molecule has 3 aliphatic rings. The number of amides is 1. The summed E-state index contributed by atoms with van der Waals surface area (Å²) in [4.78, 5) is 11.4. The average Bonchev–Trinajstić information content (AvgIpc) is 2.63. The predicted octanol–water partition coefficient (Wildman–Crippen LogP) is 2.32. The minimum absolute atomic E-state index is 0.102. The van der Waals surface area contributed by atoms with Crippen LogP contribution in [0, 0.1) is 0 Å². The zero-order valence-corrected chi connectivity index (χ0v) is 9.40. The molecule has 0 aromatic carbocycles. The molecule has 1 amide bonds. The Kier molecular flexibility index (Phi) is 2.37. The molecule has 2 aliphatic carbocycles. The lowest BCUT2D eigenvalue weighted by atomic mass is 9.77.